The fourth-order valence-corrected chi connectivity index (χ4v) is 3.18. The standard InChI is InChI=1S/C15H32N2O/c1-17(12-8-4-5-9-13-18)15(14-16)10-6-2-3-7-11-15/h18H,2-14,16H2,1H3. The fourth-order valence-electron chi connectivity index (χ4n) is 3.18. The third-order valence-electron chi connectivity index (χ3n) is 4.63. The van der Waals surface area contributed by atoms with Crippen LogP contribution in [0.4, 0.5) is 0 Å². The van der Waals surface area contributed by atoms with Crippen LogP contribution in [-0.2, 0) is 0 Å². The molecule has 0 heterocycles. The van der Waals surface area contributed by atoms with Crippen molar-refractivity contribution in [1.29, 1.82) is 0 Å². The lowest BCUT2D eigenvalue weighted by atomic mass is 9.88. The molecule has 0 spiro atoms. The SMILES string of the molecule is CN(CCCCCCO)C1(CN)CCCCCC1. The van der Waals surface area contributed by atoms with Crippen LogP contribution < -0.4 is 5.73 Å². The predicted octanol–water partition coefficient (Wildman–Crippen LogP) is 2.52. The summed E-state index contributed by atoms with van der Waals surface area (Å²) in [5.74, 6) is 0. The van der Waals surface area contributed by atoms with Gasteiger partial charge in [0.1, 0.15) is 0 Å². The minimum atomic E-state index is 0.271. The first-order valence-corrected chi connectivity index (χ1v) is 7.77. The van der Waals surface area contributed by atoms with Gasteiger partial charge in [-0.2, -0.15) is 0 Å². The van der Waals surface area contributed by atoms with Crippen LogP contribution in [0, 0.1) is 0 Å². The van der Waals surface area contributed by atoms with E-state index in [0.29, 0.717) is 6.61 Å². The Labute approximate surface area is 113 Å². The number of rotatable bonds is 8. The van der Waals surface area contributed by atoms with E-state index < -0.39 is 0 Å². The maximum Gasteiger partial charge on any atom is 0.0431 e. The molecule has 1 rings (SSSR count). The highest BCUT2D eigenvalue weighted by atomic mass is 16.2. The van der Waals surface area contributed by atoms with Crippen LogP contribution in [-0.4, -0.2) is 42.3 Å². The second kappa shape index (κ2) is 8.89. The van der Waals surface area contributed by atoms with Gasteiger partial charge in [-0.25, -0.2) is 0 Å². The van der Waals surface area contributed by atoms with Gasteiger partial charge in [-0.05, 0) is 39.3 Å². The van der Waals surface area contributed by atoms with E-state index in [1.807, 2.05) is 0 Å². The van der Waals surface area contributed by atoms with Gasteiger partial charge >= 0.3 is 0 Å². The second-order valence-electron chi connectivity index (χ2n) is 5.90. The molecule has 3 nitrogen and oxygen atoms in total. The lowest BCUT2D eigenvalue weighted by molar-refractivity contribution is 0.105. The van der Waals surface area contributed by atoms with E-state index in [0.717, 1.165) is 25.9 Å². The molecule has 0 saturated heterocycles. The molecule has 108 valence electrons. The van der Waals surface area contributed by atoms with Gasteiger partial charge in [-0.1, -0.05) is 38.5 Å². The number of nitrogens with zero attached hydrogens (tertiary/aromatic N) is 1. The molecule has 0 aromatic carbocycles. The van der Waals surface area contributed by atoms with E-state index in [1.165, 1.54) is 51.4 Å². The zero-order valence-corrected chi connectivity index (χ0v) is 12.2. The van der Waals surface area contributed by atoms with Crippen LogP contribution in [0.3, 0.4) is 0 Å². The zero-order chi connectivity index (χ0) is 13.3. The monoisotopic (exact) mass is 256 g/mol. The highest BCUT2D eigenvalue weighted by molar-refractivity contribution is 4.91. The molecule has 3 heteroatoms. The van der Waals surface area contributed by atoms with Gasteiger partial charge in [0.05, 0.1) is 0 Å². The van der Waals surface area contributed by atoms with E-state index in [9.17, 15) is 0 Å². The first-order valence-electron chi connectivity index (χ1n) is 7.77. The van der Waals surface area contributed by atoms with Crippen molar-refractivity contribution >= 4 is 0 Å². The fraction of sp³-hybridized carbons (Fsp3) is 1.00. The van der Waals surface area contributed by atoms with E-state index in [-0.39, 0.29) is 5.54 Å². The molecule has 0 atom stereocenters. The van der Waals surface area contributed by atoms with E-state index >= 15 is 0 Å². The van der Waals surface area contributed by atoms with Crippen molar-refractivity contribution in [2.24, 2.45) is 5.73 Å². The summed E-state index contributed by atoms with van der Waals surface area (Å²) in [6.07, 6.45) is 12.6. The Bertz CT molecular complexity index is 201. The maximum absolute atomic E-state index is 8.76. The van der Waals surface area contributed by atoms with Crippen molar-refractivity contribution in [3.05, 3.63) is 0 Å². The molecule has 3 N–H and O–H groups in total. The highest BCUT2D eigenvalue weighted by Crippen LogP contribution is 2.31. The summed E-state index contributed by atoms with van der Waals surface area (Å²) >= 11 is 0. The molecule has 0 bridgehead atoms. The quantitative estimate of drug-likeness (QED) is 0.518. The Hall–Kier alpha value is -0.120. The molecular weight excluding hydrogens is 224 g/mol. The van der Waals surface area contributed by atoms with Gasteiger partial charge in [-0.15, -0.1) is 0 Å². The molecule has 1 fully saturated rings. The number of aliphatic hydroxyl groups excluding tert-OH is 1. The molecule has 0 aromatic heterocycles. The van der Waals surface area contributed by atoms with Crippen molar-refractivity contribution in [2.75, 3.05) is 26.7 Å². The summed E-state index contributed by atoms with van der Waals surface area (Å²) in [6, 6.07) is 0. The van der Waals surface area contributed by atoms with Crippen molar-refractivity contribution in [1.82, 2.24) is 4.90 Å². The first-order chi connectivity index (χ1) is 8.75. The number of unbranched alkanes of at least 4 members (excludes halogenated alkanes) is 3. The number of aliphatic hydroxyl groups is 1. The van der Waals surface area contributed by atoms with Crippen LogP contribution in [0.15, 0.2) is 0 Å². The molecular formula is C15H32N2O. The third-order valence-corrected chi connectivity index (χ3v) is 4.63. The van der Waals surface area contributed by atoms with Crippen LogP contribution in [0.1, 0.15) is 64.2 Å². The molecule has 0 radical (unpaired) electrons. The molecule has 0 aliphatic heterocycles. The number of hydrogen-bond donors (Lipinski definition) is 2. The average Bonchev–Trinajstić information content (AvgIpc) is 2.64. The zero-order valence-electron chi connectivity index (χ0n) is 12.2. The Balaban J connectivity index is 2.33. The molecule has 0 amide bonds. The van der Waals surface area contributed by atoms with Gasteiger partial charge in [0.2, 0.25) is 0 Å². The van der Waals surface area contributed by atoms with Crippen LogP contribution >= 0.6 is 0 Å². The van der Waals surface area contributed by atoms with Crippen LogP contribution in [0.2, 0.25) is 0 Å². The van der Waals surface area contributed by atoms with Crippen LogP contribution in [0.5, 0.6) is 0 Å². The molecule has 0 unspecified atom stereocenters. The Kier molecular flexibility index (Phi) is 7.87. The maximum atomic E-state index is 8.76. The first kappa shape index (κ1) is 15.9. The Morgan fingerprint density at radius 1 is 1.00 bits per heavy atom. The van der Waals surface area contributed by atoms with Gasteiger partial charge < -0.3 is 10.8 Å². The van der Waals surface area contributed by atoms with Crippen LogP contribution in [0.25, 0.3) is 0 Å². The summed E-state index contributed by atoms with van der Waals surface area (Å²) in [5, 5.41) is 8.76. The minimum Gasteiger partial charge on any atom is -0.396 e. The Morgan fingerprint density at radius 3 is 2.17 bits per heavy atom. The molecule has 18 heavy (non-hydrogen) atoms. The lowest BCUT2D eigenvalue weighted by Gasteiger charge is -2.41. The van der Waals surface area contributed by atoms with Gasteiger partial charge in [-0.3, -0.25) is 4.90 Å². The normalized spacial score (nSPS) is 20.0. The Morgan fingerprint density at radius 2 is 1.61 bits per heavy atom. The van der Waals surface area contributed by atoms with Crippen molar-refractivity contribution in [3.8, 4) is 0 Å². The summed E-state index contributed by atoms with van der Waals surface area (Å²) in [4.78, 5) is 2.53. The van der Waals surface area contributed by atoms with Gasteiger partial charge in [0.25, 0.3) is 0 Å². The topological polar surface area (TPSA) is 49.5 Å². The summed E-state index contributed by atoms with van der Waals surface area (Å²) in [5.41, 5.74) is 6.36. The molecule has 1 aliphatic rings. The highest BCUT2D eigenvalue weighted by Gasteiger charge is 2.33. The van der Waals surface area contributed by atoms with Gasteiger partial charge in [0.15, 0.2) is 0 Å². The molecule has 1 aliphatic carbocycles. The van der Waals surface area contributed by atoms with E-state index in [2.05, 4.69) is 11.9 Å². The minimum absolute atomic E-state index is 0.271. The molecule has 1 saturated carbocycles. The van der Waals surface area contributed by atoms with E-state index in [4.69, 9.17) is 10.8 Å². The third kappa shape index (κ3) is 4.87. The number of nitrogens with two attached hydrogens (primary N) is 1. The van der Waals surface area contributed by atoms with Crippen molar-refractivity contribution in [2.45, 2.75) is 69.7 Å². The molecule has 0 aromatic rings. The smallest absolute Gasteiger partial charge is 0.0431 e. The lowest BCUT2D eigenvalue weighted by Crippen LogP contribution is -2.52. The van der Waals surface area contributed by atoms with Gasteiger partial charge in [0, 0.05) is 18.7 Å². The summed E-state index contributed by atoms with van der Waals surface area (Å²) < 4.78 is 0. The summed E-state index contributed by atoms with van der Waals surface area (Å²) in [6.45, 7) is 2.30. The second-order valence-corrected chi connectivity index (χ2v) is 5.90. The number of likely N-dealkylation sites (N-methyl/N-ethyl adjacent to an activating group) is 1. The predicted molar refractivity (Wildman–Crippen MR) is 77.7 cm³/mol. The van der Waals surface area contributed by atoms with E-state index in [1.54, 1.807) is 0 Å². The van der Waals surface area contributed by atoms with Crippen molar-refractivity contribution < 1.29 is 5.11 Å². The average molecular weight is 256 g/mol. The largest absolute Gasteiger partial charge is 0.396 e. The summed E-state index contributed by atoms with van der Waals surface area (Å²) in [7, 11) is 2.25. The number of hydrogen-bond acceptors (Lipinski definition) is 3. The van der Waals surface area contributed by atoms with Crippen molar-refractivity contribution in [3.63, 3.8) is 0 Å².